The predicted molar refractivity (Wildman–Crippen MR) is 136 cm³/mol. The van der Waals surface area contributed by atoms with Gasteiger partial charge in [-0.15, -0.1) is 10.2 Å². The van der Waals surface area contributed by atoms with Gasteiger partial charge in [0.05, 0.1) is 17.8 Å². The van der Waals surface area contributed by atoms with Crippen molar-refractivity contribution in [1.82, 2.24) is 30.0 Å². The van der Waals surface area contributed by atoms with Gasteiger partial charge in [-0.1, -0.05) is 12.1 Å². The van der Waals surface area contributed by atoms with Crippen molar-refractivity contribution in [2.24, 2.45) is 0 Å². The second-order valence-corrected chi connectivity index (χ2v) is 9.06. The number of benzene rings is 1. The second-order valence-electron chi connectivity index (χ2n) is 9.06. The highest BCUT2D eigenvalue weighted by atomic mass is 19.1. The fourth-order valence-corrected chi connectivity index (χ4v) is 4.29. The predicted octanol–water partition coefficient (Wildman–Crippen LogP) is 3.73. The van der Waals surface area contributed by atoms with Crippen molar-refractivity contribution < 1.29 is 13.6 Å². The summed E-state index contributed by atoms with van der Waals surface area (Å²) in [4.78, 5) is 26.6. The molecule has 1 aromatic carbocycles. The fraction of sp³-hybridized carbons (Fsp3) is 0.269. The number of pyridine rings is 2. The van der Waals surface area contributed by atoms with Crippen LogP contribution in [0.15, 0.2) is 48.8 Å². The van der Waals surface area contributed by atoms with Crippen LogP contribution in [0.2, 0.25) is 0 Å². The van der Waals surface area contributed by atoms with Crippen LogP contribution in [0, 0.1) is 11.6 Å². The maximum atomic E-state index is 14.5. The average molecular weight is 505 g/mol. The Balaban J connectivity index is 1.53. The van der Waals surface area contributed by atoms with E-state index in [9.17, 15) is 13.6 Å². The van der Waals surface area contributed by atoms with Crippen molar-refractivity contribution in [3.05, 3.63) is 77.2 Å². The first-order valence-corrected chi connectivity index (χ1v) is 11.8. The van der Waals surface area contributed by atoms with E-state index < -0.39 is 11.6 Å². The minimum atomic E-state index is -0.755. The third kappa shape index (κ3) is 4.31. The number of hydrogen-bond acceptors (Lipinski definition) is 7. The summed E-state index contributed by atoms with van der Waals surface area (Å²) in [5.74, 6) is -0.455. The van der Waals surface area contributed by atoms with Crippen molar-refractivity contribution in [3.8, 4) is 17.2 Å². The third-order valence-electron chi connectivity index (χ3n) is 6.43. The zero-order valence-corrected chi connectivity index (χ0v) is 20.9. The summed E-state index contributed by atoms with van der Waals surface area (Å²) in [6.45, 7) is 4.92. The molecule has 0 spiro atoms. The molecule has 0 saturated heterocycles. The molecule has 0 atom stereocenters. The molecule has 0 unspecified atom stereocenters. The van der Waals surface area contributed by atoms with Gasteiger partial charge in [0, 0.05) is 25.2 Å². The number of fused-ring (bicyclic) bond motifs is 1. The highest BCUT2D eigenvalue weighted by Gasteiger charge is 2.33. The monoisotopic (exact) mass is 504 g/mol. The number of carbonyl (C=O) groups is 1. The lowest BCUT2D eigenvalue weighted by molar-refractivity contribution is 0.0996. The molecule has 190 valence electrons. The van der Waals surface area contributed by atoms with Crippen molar-refractivity contribution in [1.29, 1.82) is 0 Å². The lowest BCUT2D eigenvalue weighted by Gasteiger charge is -2.24. The number of rotatable bonds is 7. The van der Waals surface area contributed by atoms with Gasteiger partial charge in [-0.05, 0) is 51.2 Å². The summed E-state index contributed by atoms with van der Waals surface area (Å²) in [5, 5.41) is 11.0. The van der Waals surface area contributed by atoms with E-state index in [2.05, 4.69) is 34.3 Å². The zero-order valence-electron chi connectivity index (χ0n) is 20.9. The lowest BCUT2D eigenvalue weighted by atomic mass is 10.1. The first kappa shape index (κ1) is 24.4. The molecule has 0 saturated carbocycles. The SMILES string of the molecule is CNCc1nc(N(C)C(C)C)cc2c1CN(c1cccc(-c3nncn3-c3c(F)cccc3F)n1)C2=O. The number of hydrogen-bond donors (Lipinski definition) is 1. The summed E-state index contributed by atoms with van der Waals surface area (Å²) in [7, 11) is 3.78. The molecule has 9 nitrogen and oxygen atoms in total. The van der Waals surface area contributed by atoms with E-state index in [0.717, 1.165) is 29.2 Å². The Kier molecular flexibility index (Phi) is 6.38. The lowest BCUT2D eigenvalue weighted by Crippen LogP contribution is -2.27. The third-order valence-corrected chi connectivity index (χ3v) is 6.43. The smallest absolute Gasteiger partial charge is 0.260 e. The van der Waals surface area contributed by atoms with Gasteiger partial charge in [0.25, 0.3) is 5.91 Å². The number of nitrogens with one attached hydrogen (secondary N) is 1. The van der Waals surface area contributed by atoms with Gasteiger partial charge in [0.15, 0.2) is 5.82 Å². The van der Waals surface area contributed by atoms with Crippen molar-refractivity contribution in [2.45, 2.75) is 33.0 Å². The van der Waals surface area contributed by atoms with Crippen LogP contribution in [0.1, 0.15) is 35.5 Å². The molecule has 0 aliphatic carbocycles. The molecule has 5 rings (SSSR count). The van der Waals surface area contributed by atoms with E-state index in [1.165, 1.54) is 17.0 Å². The van der Waals surface area contributed by atoms with Gasteiger partial charge in [-0.3, -0.25) is 14.3 Å². The van der Waals surface area contributed by atoms with Crippen LogP contribution >= 0.6 is 0 Å². The number of aromatic nitrogens is 5. The Morgan fingerprint density at radius 1 is 1.11 bits per heavy atom. The number of amides is 1. The Morgan fingerprint density at radius 3 is 2.54 bits per heavy atom. The van der Waals surface area contributed by atoms with E-state index >= 15 is 0 Å². The molecule has 1 N–H and O–H groups in total. The van der Waals surface area contributed by atoms with Gasteiger partial charge >= 0.3 is 0 Å². The van der Waals surface area contributed by atoms with E-state index in [1.807, 2.05) is 25.1 Å². The van der Waals surface area contributed by atoms with Crippen molar-refractivity contribution in [3.63, 3.8) is 0 Å². The van der Waals surface area contributed by atoms with Gasteiger partial charge < -0.3 is 10.2 Å². The molecule has 37 heavy (non-hydrogen) atoms. The molecule has 0 radical (unpaired) electrons. The highest BCUT2D eigenvalue weighted by molar-refractivity contribution is 6.10. The maximum absolute atomic E-state index is 14.5. The molecule has 1 aliphatic heterocycles. The normalized spacial score (nSPS) is 12.9. The highest BCUT2D eigenvalue weighted by Crippen LogP contribution is 2.33. The molecule has 4 heterocycles. The van der Waals surface area contributed by atoms with Crippen LogP contribution < -0.4 is 15.1 Å². The second kappa shape index (κ2) is 9.66. The first-order chi connectivity index (χ1) is 17.8. The fourth-order valence-electron chi connectivity index (χ4n) is 4.29. The molecule has 1 aliphatic rings. The number of carbonyl (C=O) groups excluding carboxylic acids is 1. The van der Waals surface area contributed by atoms with Gasteiger partial charge in [0.2, 0.25) is 0 Å². The first-order valence-electron chi connectivity index (χ1n) is 11.8. The van der Waals surface area contributed by atoms with Gasteiger partial charge in [-0.2, -0.15) is 0 Å². The van der Waals surface area contributed by atoms with E-state index in [0.29, 0.717) is 30.2 Å². The summed E-state index contributed by atoms with van der Waals surface area (Å²) in [6.07, 6.45) is 1.23. The molecule has 4 aromatic rings. The van der Waals surface area contributed by atoms with Crippen LogP contribution in [0.4, 0.5) is 20.4 Å². The molecular weight excluding hydrogens is 478 g/mol. The molecule has 11 heteroatoms. The van der Waals surface area contributed by atoms with Gasteiger partial charge in [-0.25, -0.2) is 18.7 Å². The Labute approximate surface area is 212 Å². The summed E-state index contributed by atoms with van der Waals surface area (Å²) >= 11 is 0. The molecule has 1 amide bonds. The number of halogens is 2. The minimum Gasteiger partial charge on any atom is -0.357 e. The van der Waals surface area contributed by atoms with Crippen molar-refractivity contribution in [2.75, 3.05) is 23.9 Å². The Hall–Kier alpha value is -4.25. The Morgan fingerprint density at radius 2 is 1.84 bits per heavy atom. The van der Waals surface area contributed by atoms with E-state index in [-0.39, 0.29) is 23.5 Å². The molecule has 0 fully saturated rings. The largest absolute Gasteiger partial charge is 0.357 e. The minimum absolute atomic E-state index is 0.147. The maximum Gasteiger partial charge on any atom is 0.260 e. The number of anilines is 2. The zero-order chi connectivity index (χ0) is 26.3. The summed E-state index contributed by atoms with van der Waals surface area (Å²) in [5.41, 5.74) is 2.22. The topological polar surface area (TPSA) is 92.1 Å². The number of para-hydroxylation sites is 1. The number of nitrogens with zero attached hydrogens (tertiary/aromatic N) is 7. The van der Waals surface area contributed by atoms with Crippen molar-refractivity contribution >= 4 is 17.5 Å². The summed E-state index contributed by atoms with van der Waals surface area (Å²) in [6, 6.07) is 10.7. The summed E-state index contributed by atoms with van der Waals surface area (Å²) < 4.78 is 30.2. The van der Waals surface area contributed by atoms with Crippen LogP contribution in [0.3, 0.4) is 0 Å². The standard InChI is InChI=1S/C26H26F2N8O/c1-15(2)34(4)23-11-16-17(21(32-23)12-29-3)13-35(26(16)37)22-10-6-9-20(31-22)25-33-30-14-36(25)24-18(27)7-5-8-19(24)28/h5-11,14-15,29H,12-13H2,1-4H3. The Bertz CT molecular complexity index is 1470. The van der Waals surface area contributed by atoms with E-state index in [4.69, 9.17) is 4.98 Å². The van der Waals surface area contributed by atoms with E-state index in [1.54, 1.807) is 23.1 Å². The molecule has 0 bridgehead atoms. The van der Waals surface area contributed by atoms with Crippen LogP contribution in [-0.2, 0) is 13.1 Å². The molecular formula is C26H26F2N8O. The van der Waals surface area contributed by atoms with Crippen LogP contribution in [-0.4, -0.2) is 50.8 Å². The van der Waals surface area contributed by atoms with Crippen LogP contribution in [0.25, 0.3) is 17.2 Å². The quantitative estimate of drug-likeness (QED) is 0.410. The molecule has 3 aromatic heterocycles. The van der Waals surface area contributed by atoms with Gasteiger partial charge in [0.1, 0.15) is 41.0 Å². The average Bonchev–Trinajstić information content (AvgIpc) is 3.49. The van der Waals surface area contributed by atoms with Crippen LogP contribution in [0.5, 0.6) is 0 Å².